The fourth-order valence-electron chi connectivity index (χ4n) is 0.833. The van der Waals surface area contributed by atoms with Gasteiger partial charge < -0.3 is 5.11 Å². The summed E-state index contributed by atoms with van der Waals surface area (Å²) >= 11 is 0. The van der Waals surface area contributed by atoms with Crippen LogP contribution in [0.25, 0.3) is 0 Å². The third kappa shape index (κ3) is 6.32. The van der Waals surface area contributed by atoms with Crippen molar-refractivity contribution in [2.24, 2.45) is 0 Å². The molecule has 1 radical (unpaired) electrons. The third-order valence-corrected chi connectivity index (χ3v) is 1.57. The maximum Gasteiger partial charge on any atom is 0.386 e. The zero-order chi connectivity index (χ0) is 11.7. The molecular formula is C12H15O3. The molecule has 0 aliphatic carbocycles. The van der Waals surface area contributed by atoms with Crippen LogP contribution >= 0.6 is 0 Å². The largest absolute Gasteiger partial charge is 0.508 e. The second-order valence-electron chi connectivity index (χ2n) is 2.81. The predicted octanol–water partition coefficient (Wildman–Crippen LogP) is 2.94. The summed E-state index contributed by atoms with van der Waals surface area (Å²) in [6, 6.07) is 5.16. The summed E-state index contributed by atoms with van der Waals surface area (Å²) in [5, 5.41) is 18.8. The van der Waals surface area contributed by atoms with Gasteiger partial charge in [0.15, 0.2) is 0 Å². The van der Waals surface area contributed by atoms with Crippen molar-refractivity contribution < 1.29 is 15.0 Å². The molecule has 0 amide bonds. The minimum Gasteiger partial charge on any atom is -0.508 e. The zero-order valence-corrected chi connectivity index (χ0v) is 8.93. The fraction of sp³-hybridized carbons (Fsp3) is 0.250. The Morgan fingerprint density at radius 3 is 2.13 bits per heavy atom. The molecule has 15 heavy (non-hydrogen) atoms. The molecule has 0 unspecified atom stereocenters. The monoisotopic (exact) mass is 207 g/mol. The Labute approximate surface area is 89.7 Å². The van der Waals surface area contributed by atoms with Gasteiger partial charge in [-0.15, -0.1) is 0 Å². The van der Waals surface area contributed by atoms with E-state index < -0.39 is 5.97 Å². The van der Waals surface area contributed by atoms with Gasteiger partial charge in [-0.05, 0) is 37.6 Å². The third-order valence-electron chi connectivity index (χ3n) is 1.57. The average Bonchev–Trinajstić information content (AvgIpc) is 2.20. The van der Waals surface area contributed by atoms with E-state index in [1.807, 2.05) is 6.92 Å². The van der Waals surface area contributed by atoms with Gasteiger partial charge in [0.1, 0.15) is 5.75 Å². The number of phenolic OH excluding ortho intramolecular Hbond substituents is 1. The van der Waals surface area contributed by atoms with Crippen molar-refractivity contribution in [1.82, 2.24) is 0 Å². The maximum atomic E-state index is 10.1. The molecule has 0 aliphatic rings. The highest BCUT2D eigenvalue weighted by atomic mass is 16.4. The highest BCUT2D eigenvalue weighted by Gasteiger charge is 2.02. The van der Waals surface area contributed by atoms with E-state index in [1.165, 1.54) is 24.3 Å². The van der Waals surface area contributed by atoms with Gasteiger partial charge in [0, 0.05) is 0 Å². The Kier molecular flexibility index (Phi) is 6.72. The van der Waals surface area contributed by atoms with Crippen LogP contribution in [0.4, 0.5) is 0 Å². The molecule has 1 aromatic carbocycles. The number of allylic oxidation sites excluding steroid dienone is 2. The second-order valence-corrected chi connectivity index (χ2v) is 2.81. The normalized spacial score (nSPS) is 9.47. The van der Waals surface area contributed by atoms with E-state index in [0.29, 0.717) is 0 Å². The van der Waals surface area contributed by atoms with E-state index in [9.17, 15) is 9.90 Å². The van der Waals surface area contributed by atoms with Gasteiger partial charge in [-0.25, -0.2) is 9.90 Å². The molecule has 0 saturated carbocycles. The topological polar surface area (TPSA) is 57.2 Å². The van der Waals surface area contributed by atoms with Crippen LogP contribution in [-0.2, 0) is 5.11 Å². The van der Waals surface area contributed by atoms with Crippen LogP contribution in [0.3, 0.4) is 0 Å². The van der Waals surface area contributed by atoms with Crippen molar-refractivity contribution >= 4 is 5.97 Å². The molecule has 0 spiro atoms. The molecule has 0 saturated heterocycles. The molecule has 1 rings (SSSR count). The van der Waals surface area contributed by atoms with E-state index in [4.69, 9.17) is 5.11 Å². The Morgan fingerprint density at radius 1 is 1.33 bits per heavy atom. The molecule has 0 bridgehead atoms. The van der Waals surface area contributed by atoms with E-state index >= 15 is 0 Å². The fourth-order valence-corrected chi connectivity index (χ4v) is 0.833. The number of phenols is 1. The van der Waals surface area contributed by atoms with Crippen molar-refractivity contribution in [3.8, 4) is 5.75 Å². The number of benzene rings is 1. The van der Waals surface area contributed by atoms with Gasteiger partial charge in [-0.1, -0.05) is 19.1 Å². The van der Waals surface area contributed by atoms with E-state index in [1.54, 1.807) is 0 Å². The van der Waals surface area contributed by atoms with Crippen LogP contribution in [0.15, 0.2) is 36.4 Å². The summed E-state index contributed by atoms with van der Waals surface area (Å²) in [6.07, 6.45) is 5.34. The first-order valence-corrected chi connectivity index (χ1v) is 4.73. The molecule has 1 aromatic rings. The van der Waals surface area contributed by atoms with Crippen LogP contribution in [0.2, 0.25) is 0 Å². The number of hydrogen-bond acceptors (Lipinski definition) is 2. The van der Waals surface area contributed by atoms with E-state index in [0.717, 1.165) is 6.42 Å². The molecule has 3 heteroatoms. The average molecular weight is 207 g/mol. The number of rotatable bonds is 2. The Bertz CT molecular complexity index is 312. The summed E-state index contributed by atoms with van der Waals surface area (Å²) in [5.74, 6) is -1.19. The van der Waals surface area contributed by atoms with Crippen LogP contribution in [0.1, 0.15) is 30.6 Å². The molecule has 3 nitrogen and oxygen atoms in total. The number of carbonyl (C=O) groups is 1. The predicted molar refractivity (Wildman–Crippen MR) is 58.2 cm³/mol. The molecular weight excluding hydrogens is 192 g/mol. The van der Waals surface area contributed by atoms with Crippen molar-refractivity contribution in [1.29, 1.82) is 0 Å². The minimum atomic E-state index is -1.24. The number of aromatic hydroxyl groups is 1. The van der Waals surface area contributed by atoms with Gasteiger partial charge >= 0.3 is 5.97 Å². The quantitative estimate of drug-likeness (QED) is 0.758. The first-order valence-electron chi connectivity index (χ1n) is 4.73. The Balaban J connectivity index is 0.000000336. The van der Waals surface area contributed by atoms with Crippen LogP contribution in [0, 0.1) is 0 Å². The summed E-state index contributed by atoms with van der Waals surface area (Å²) in [4.78, 5) is 10.1. The summed E-state index contributed by atoms with van der Waals surface area (Å²) < 4.78 is 0. The number of carbonyl (C=O) groups excluding carboxylic acids is 1. The maximum absolute atomic E-state index is 10.1. The minimum absolute atomic E-state index is 0.0463. The zero-order valence-electron chi connectivity index (χ0n) is 8.93. The summed E-state index contributed by atoms with van der Waals surface area (Å²) in [7, 11) is 0. The first-order chi connectivity index (χ1) is 7.11. The van der Waals surface area contributed by atoms with Crippen molar-refractivity contribution in [3.05, 3.63) is 42.0 Å². The Morgan fingerprint density at radius 2 is 1.87 bits per heavy atom. The van der Waals surface area contributed by atoms with Crippen LogP contribution in [0.5, 0.6) is 5.75 Å². The standard InChI is InChI=1S/C7H5O3.C5H10/c8-6-3-1-5(2-4-6)7(9)10;1-3-5-4-2/h1-4,8H;3,5H,4H2,1-2H3. The molecule has 0 fully saturated rings. The lowest BCUT2D eigenvalue weighted by Crippen LogP contribution is -1.91. The molecule has 1 N–H and O–H groups in total. The van der Waals surface area contributed by atoms with Crippen LogP contribution in [-0.4, -0.2) is 11.1 Å². The van der Waals surface area contributed by atoms with E-state index in [2.05, 4.69) is 19.1 Å². The lowest BCUT2D eigenvalue weighted by molar-refractivity contribution is 0.0573. The van der Waals surface area contributed by atoms with Crippen molar-refractivity contribution in [3.63, 3.8) is 0 Å². The highest BCUT2D eigenvalue weighted by molar-refractivity contribution is 5.87. The van der Waals surface area contributed by atoms with E-state index in [-0.39, 0.29) is 11.3 Å². The highest BCUT2D eigenvalue weighted by Crippen LogP contribution is 2.08. The lowest BCUT2D eigenvalue weighted by atomic mass is 10.2. The van der Waals surface area contributed by atoms with Crippen LogP contribution < -0.4 is 0 Å². The van der Waals surface area contributed by atoms with Gasteiger partial charge in [-0.3, -0.25) is 0 Å². The van der Waals surface area contributed by atoms with Gasteiger partial charge in [-0.2, -0.15) is 0 Å². The summed E-state index contributed by atoms with van der Waals surface area (Å²) in [6.45, 7) is 4.16. The molecule has 0 aliphatic heterocycles. The second kappa shape index (κ2) is 7.62. The van der Waals surface area contributed by atoms with Gasteiger partial charge in [0.25, 0.3) is 0 Å². The number of hydrogen-bond donors (Lipinski definition) is 1. The lowest BCUT2D eigenvalue weighted by Gasteiger charge is -1.90. The van der Waals surface area contributed by atoms with Crippen molar-refractivity contribution in [2.45, 2.75) is 20.3 Å². The molecule has 0 atom stereocenters. The summed E-state index contributed by atoms with van der Waals surface area (Å²) in [5.41, 5.74) is 0.0674. The van der Waals surface area contributed by atoms with Gasteiger partial charge in [0.05, 0.1) is 5.56 Å². The molecule has 81 valence electrons. The molecule has 0 heterocycles. The molecule has 0 aromatic heterocycles. The SMILES string of the molecule is CC=CCC.[O]C(=O)c1ccc(O)cc1. The first kappa shape index (κ1) is 13.2. The van der Waals surface area contributed by atoms with Gasteiger partial charge in [0.2, 0.25) is 0 Å². The smallest absolute Gasteiger partial charge is 0.386 e. The van der Waals surface area contributed by atoms with Crippen molar-refractivity contribution in [2.75, 3.05) is 0 Å². The Hall–Kier alpha value is -1.77.